The highest BCUT2D eigenvalue weighted by Crippen LogP contribution is 2.45. The summed E-state index contributed by atoms with van der Waals surface area (Å²) >= 11 is 9.85. The van der Waals surface area contributed by atoms with Crippen molar-refractivity contribution in [1.82, 2.24) is 4.98 Å². The van der Waals surface area contributed by atoms with Crippen molar-refractivity contribution in [2.24, 2.45) is 0 Å². The molecule has 0 radical (unpaired) electrons. The van der Waals surface area contributed by atoms with Crippen molar-refractivity contribution in [2.45, 2.75) is 20.5 Å². The van der Waals surface area contributed by atoms with Crippen molar-refractivity contribution >= 4 is 50.6 Å². The average molecular weight is 548 g/mol. The molecule has 0 saturated heterocycles. The minimum absolute atomic E-state index is 0.120. The summed E-state index contributed by atoms with van der Waals surface area (Å²) in [5, 5.41) is 20.0. The molecule has 3 aromatic rings. The number of ether oxygens (including phenoxy) is 2. The Bertz CT molecular complexity index is 1510. The molecule has 0 atom stereocenters. The number of benzene rings is 2. The van der Waals surface area contributed by atoms with E-state index in [2.05, 4.69) is 33.1 Å². The number of pyridine rings is 1. The van der Waals surface area contributed by atoms with Crippen LogP contribution in [0.15, 0.2) is 46.4 Å². The van der Waals surface area contributed by atoms with E-state index in [1.54, 1.807) is 7.11 Å². The third-order valence-electron chi connectivity index (χ3n) is 5.88. The van der Waals surface area contributed by atoms with E-state index in [9.17, 15) is 10.5 Å². The fourth-order valence-electron chi connectivity index (χ4n) is 4.09. The van der Waals surface area contributed by atoms with Crippen LogP contribution in [0.2, 0.25) is 5.02 Å². The molecule has 0 saturated carbocycles. The van der Waals surface area contributed by atoms with E-state index in [0.717, 1.165) is 27.8 Å². The van der Waals surface area contributed by atoms with Gasteiger partial charge in [-0.05, 0) is 76.3 Å². The van der Waals surface area contributed by atoms with Gasteiger partial charge >= 0.3 is 0 Å². The average Bonchev–Trinajstić information content (AvgIpc) is 3.09. The summed E-state index contributed by atoms with van der Waals surface area (Å²) in [4.78, 5) is 4.37. The molecule has 1 aliphatic rings. The maximum Gasteiger partial charge on any atom is 0.175 e. The lowest BCUT2D eigenvalue weighted by Crippen LogP contribution is -2.03. The second-order valence-electron chi connectivity index (χ2n) is 7.92. The molecule has 0 amide bonds. The van der Waals surface area contributed by atoms with Crippen LogP contribution in [-0.2, 0) is 6.61 Å². The number of anilines is 1. The standard InChI is InChI=1S/C27H20BrClN4O2/c1-14-18(24-15(2)20(12-31)27(32)33-25(24)19(14)11-30)8-16-9-21(28)26(23(10-16)34-3)35-13-17-6-4-5-7-22(17)29/h4-10H,13H2,1-3H3,(H2,32,33)/b18-8-. The normalized spacial score (nSPS) is 13.4. The van der Waals surface area contributed by atoms with Gasteiger partial charge in [0.2, 0.25) is 0 Å². The van der Waals surface area contributed by atoms with E-state index in [1.165, 1.54) is 0 Å². The Hall–Kier alpha value is -3.78. The summed E-state index contributed by atoms with van der Waals surface area (Å²) < 4.78 is 12.3. The number of methoxy groups -OCH3 is 1. The predicted octanol–water partition coefficient (Wildman–Crippen LogP) is 6.70. The van der Waals surface area contributed by atoms with E-state index in [-0.39, 0.29) is 12.4 Å². The van der Waals surface area contributed by atoms with Crippen molar-refractivity contribution in [3.05, 3.63) is 85.0 Å². The number of rotatable bonds is 5. The van der Waals surface area contributed by atoms with Gasteiger partial charge in [0.05, 0.1) is 28.4 Å². The summed E-state index contributed by atoms with van der Waals surface area (Å²) in [5.41, 5.74) is 11.9. The number of allylic oxidation sites excluding steroid dienone is 3. The van der Waals surface area contributed by atoms with Crippen molar-refractivity contribution in [3.63, 3.8) is 0 Å². The van der Waals surface area contributed by atoms with Crippen LogP contribution in [0, 0.1) is 29.6 Å². The predicted molar refractivity (Wildman–Crippen MR) is 141 cm³/mol. The van der Waals surface area contributed by atoms with Gasteiger partial charge in [0.15, 0.2) is 11.5 Å². The van der Waals surface area contributed by atoms with Crippen LogP contribution in [-0.4, -0.2) is 12.1 Å². The number of aromatic nitrogens is 1. The van der Waals surface area contributed by atoms with Gasteiger partial charge in [0, 0.05) is 16.1 Å². The minimum atomic E-state index is 0.120. The van der Waals surface area contributed by atoms with Crippen molar-refractivity contribution in [2.75, 3.05) is 12.8 Å². The SMILES string of the molecule is COc1cc(/C=C2/C(C)=C(C#N)c3nc(N)c(C#N)c(C)c32)cc(Br)c1OCc1ccccc1Cl. The van der Waals surface area contributed by atoms with Gasteiger partial charge in [0.25, 0.3) is 0 Å². The molecule has 0 fully saturated rings. The Kier molecular flexibility index (Phi) is 6.84. The lowest BCUT2D eigenvalue weighted by atomic mass is 9.95. The topological polar surface area (TPSA) is 105 Å². The second-order valence-corrected chi connectivity index (χ2v) is 9.18. The first-order valence-corrected chi connectivity index (χ1v) is 11.8. The highest BCUT2D eigenvalue weighted by atomic mass is 79.9. The third-order valence-corrected chi connectivity index (χ3v) is 6.83. The lowest BCUT2D eigenvalue weighted by Gasteiger charge is -2.15. The molecule has 1 heterocycles. The van der Waals surface area contributed by atoms with E-state index in [0.29, 0.717) is 43.4 Å². The van der Waals surface area contributed by atoms with Gasteiger partial charge < -0.3 is 15.2 Å². The number of nitrogens with two attached hydrogens (primary N) is 1. The molecule has 0 spiro atoms. The van der Waals surface area contributed by atoms with Crippen LogP contribution < -0.4 is 15.2 Å². The van der Waals surface area contributed by atoms with E-state index >= 15 is 0 Å². The van der Waals surface area contributed by atoms with E-state index in [1.807, 2.05) is 56.3 Å². The van der Waals surface area contributed by atoms with Crippen LogP contribution >= 0.6 is 27.5 Å². The summed E-state index contributed by atoms with van der Waals surface area (Å²) in [6, 6.07) is 15.6. The largest absolute Gasteiger partial charge is 0.493 e. The summed E-state index contributed by atoms with van der Waals surface area (Å²) in [6.45, 7) is 3.96. The fraction of sp³-hybridized carbons (Fsp3) is 0.148. The molecule has 2 N–H and O–H groups in total. The molecular formula is C27H20BrClN4O2. The van der Waals surface area contributed by atoms with Gasteiger partial charge in [-0.3, -0.25) is 0 Å². The summed E-state index contributed by atoms with van der Waals surface area (Å²) in [6.07, 6.45) is 1.94. The Labute approximate surface area is 217 Å². The Balaban J connectivity index is 1.79. The summed E-state index contributed by atoms with van der Waals surface area (Å²) in [5.74, 6) is 1.20. The number of nitrogen functional groups attached to an aromatic ring is 1. The van der Waals surface area contributed by atoms with Crippen molar-refractivity contribution < 1.29 is 9.47 Å². The third kappa shape index (κ3) is 4.37. The van der Waals surface area contributed by atoms with Crippen molar-refractivity contribution in [3.8, 4) is 23.6 Å². The molecule has 2 aromatic carbocycles. The second kappa shape index (κ2) is 9.84. The van der Waals surface area contributed by atoms with Gasteiger partial charge in [-0.15, -0.1) is 0 Å². The molecule has 0 aliphatic heterocycles. The molecule has 1 aliphatic carbocycles. The van der Waals surface area contributed by atoms with E-state index in [4.69, 9.17) is 26.8 Å². The number of fused-ring (bicyclic) bond motifs is 1. The molecule has 35 heavy (non-hydrogen) atoms. The quantitative estimate of drug-likeness (QED) is 0.381. The lowest BCUT2D eigenvalue weighted by molar-refractivity contribution is 0.282. The Morgan fingerprint density at radius 3 is 2.57 bits per heavy atom. The zero-order valence-electron chi connectivity index (χ0n) is 19.2. The fourth-order valence-corrected chi connectivity index (χ4v) is 4.86. The number of hydrogen-bond donors (Lipinski definition) is 1. The molecule has 1 aromatic heterocycles. The number of hydrogen-bond acceptors (Lipinski definition) is 6. The van der Waals surface area contributed by atoms with Crippen molar-refractivity contribution in [1.29, 1.82) is 10.5 Å². The first kappa shape index (κ1) is 24.3. The zero-order chi connectivity index (χ0) is 25.3. The molecule has 174 valence electrons. The van der Waals surface area contributed by atoms with Crippen LogP contribution in [0.3, 0.4) is 0 Å². The first-order chi connectivity index (χ1) is 16.8. The van der Waals surface area contributed by atoms with E-state index < -0.39 is 0 Å². The highest BCUT2D eigenvalue weighted by molar-refractivity contribution is 9.10. The molecule has 6 nitrogen and oxygen atoms in total. The van der Waals surface area contributed by atoms with Crippen LogP contribution in [0.1, 0.15) is 40.4 Å². The number of nitrogens with zero attached hydrogens (tertiary/aromatic N) is 3. The minimum Gasteiger partial charge on any atom is -0.493 e. The zero-order valence-corrected chi connectivity index (χ0v) is 21.6. The number of halogens is 2. The van der Waals surface area contributed by atoms with Crippen LogP contribution in [0.4, 0.5) is 5.82 Å². The summed E-state index contributed by atoms with van der Waals surface area (Å²) in [7, 11) is 1.57. The van der Waals surface area contributed by atoms with Gasteiger partial charge in [-0.2, -0.15) is 10.5 Å². The Morgan fingerprint density at radius 2 is 1.91 bits per heavy atom. The molecular weight excluding hydrogens is 528 g/mol. The molecule has 4 rings (SSSR count). The molecule has 0 unspecified atom stereocenters. The van der Waals surface area contributed by atoms with Gasteiger partial charge in [-0.25, -0.2) is 4.98 Å². The number of nitriles is 2. The van der Waals surface area contributed by atoms with Crippen LogP contribution in [0.25, 0.3) is 17.2 Å². The maximum absolute atomic E-state index is 9.78. The first-order valence-electron chi connectivity index (χ1n) is 10.6. The van der Waals surface area contributed by atoms with Crippen LogP contribution in [0.5, 0.6) is 11.5 Å². The monoisotopic (exact) mass is 546 g/mol. The Morgan fingerprint density at radius 1 is 1.17 bits per heavy atom. The molecule has 8 heteroatoms. The maximum atomic E-state index is 9.78. The van der Waals surface area contributed by atoms with Gasteiger partial charge in [0.1, 0.15) is 24.6 Å². The molecule has 0 bridgehead atoms. The van der Waals surface area contributed by atoms with Gasteiger partial charge in [-0.1, -0.05) is 29.8 Å². The smallest absolute Gasteiger partial charge is 0.175 e. The highest BCUT2D eigenvalue weighted by Gasteiger charge is 2.29.